The van der Waals surface area contributed by atoms with Gasteiger partial charge in [-0.05, 0) is 0 Å². The first-order valence-electron chi connectivity index (χ1n) is 3.14. The molecule has 2 nitrogen and oxygen atoms in total. The monoisotopic (exact) mass is 141 g/mol. The van der Waals surface area contributed by atoms with Crippen molar-refractivity contribution in [3.05, 3.63) is 31.9 Å². The summed E-state index contributed by atoms with van der Waals surface area (Å²) in [6.45, 7) is 10.2. The van der Waals surface area contributed by atoms with Crippen LogP contribution in [0, 0.1) is 6.61 Å². The maximum atomic E-state index is 5.00. The zero-order valence-corrected chi connectivity index (χ0v) is 6.08. The molecule has 0 saturated carbocycles. The second-order valence-electron chi connectivity index (χ2n) is 1.61. The van der Waals surface area contributed by atoms with E-state index in [0.29, 0.717) is 19.8 Å². The number of rotatable bonds is 7. The smallest absolute Gasteiger partial charge is 0.110 e. The van der Waals surface area contributed by atoms with Crippen molar-refractivity contribution in [2.75, 3.05) is 19.8 Å². The van der Waals surface area contributed by atoms with Crippen molar-refractivity contribution in [1.82, 2.24) is 0 Å². The molecule has 2 heteroatoms. The van der Waals surface area contributed by atoms with Gasteiger partial charge in [-0.1, -0.05) is 12.2 Å². The van der Waals surface area contributed by atoms with Crippen molar-refractivity contribution in [2.45, 2.75) is 0 Å². The molecule has 0 heterocycles. The third-order valence-electron chi connectivity index (χ3n) is 0.754. The molecule has 0 fully saturated rings. The lowest BCUT2D eigenvalue weighted by atomic mass is 10.6. The minimum absolute atomic E-state index is 0.500. The zero-order chi connectivity index (χ0) is 7.66. The van der Waals surface area contributed by atoms with Gasteiger partial charge in [-0.25, -0.2) is 0 Å². The molecule has 0 aromatic heterocycles. The van der Waals surface area contributed by atoms with Crippen LogP contribution in [0.25, 0.3) is 0 Å². The molecule has 0 unspecified atom stereocenters. The van der Waals surface area contributed by atoms with Gasteiger partial charge in [0.25, 0.3) is 0 Å². The average Bonchev–Trinajstić information content (AvgIpc) is 1.97. The highest BCUT2D eigenvalue weighted by Gasteiger charge is 1.84. The predicted molar refractivity (Wildman–Crippen MR) is 41.5 cm³/mol. The van der Waals surface area contributed by atoms with Gasteiger partial charge >= 0.3 is 0 Å². The summed E-state index contributed by atoms with van der Waals surface area (Å²) in [4.78, 5) is 0. The third kappa shape index (κ3) is 7.40. The lowest BCUT2D eigenvalue weighted by molar-refractivity contribution is 0.116. The van der Waals surface area contributed by atoms with Crippen LogP contribution in [0.3, 0.4) is 0 Å². The Morgan fingerprint density at radius 2 is 1.70 bits per heavy atom. The van der Waals surface area contributed by atoms with Crippen molar-refractivity contribution >= 4 is 0 Å². The minimum Gasteiger partial charge on any atom is -0.375 e. The van der Waals surface area contributed by atoms with E-state index in [1.54, 1.807) is 18.8 Å². The highest BCUT2D eigenvalue weighted by atomic mass is 16.5. The highest BCUT2D eigenvalue weighted by Crippen LogP contribution is 1.84. The average molecular weight is 141 g/mol. The molecule has 0 aliphatic rings. The van der Waals surface area contributed by atoms with Crippen LogP contribution in [0.1, 0.15) is 0 Å². The Kier molecular flexibility index (Phi) is 7.90. The molecule has 10 heavy (non-hydrogen) atoms. The summed E-state index contributed by atoms with van der Waals surface area (Å²) in [6.07, 6.45) is 3.38. The van der Waals surface area contributed by atoms with Gasteiger partial charge in [0.05, 0.1) is 19.8 Å². The molecule has 0 aromatic carbocycles. The lowest BCUT2D eigenvalue weighted by Gasteiger charge is -1.99. The maximum Gasteiger partial charge on any atom is 0.110 e. The summed E-state index contributed by atoms with van der Waals surface area (Å²) in [7, 11) is 0. The topological polar surface area (TPSA) is 18.5 Å². The molecular formula is C8H13O2. The molecule has 0 atom stereocenters. The van der Waals surface area contributed by atoms with E-state index in [4.69, 9.17) is 9.47 Å². The van der Waals surface area contributed by atoms with E-state index in [-0.39, 0.29) is 0 Å². The first-order valence-corrected chi connectivity index (χ1v) is 3.14. The van der Waals surface area contributed by atoms with Gasteiger partial charge in [0, 0.05) is 0 Å². The zero-order valence-electron chi connectivity index (χ0n) is 6.08. The van der Waals surface area contributed by atoms with Gasteiger partial charge in [-0.3, -0.25) is 0 Å². The van der Waals surface area contributed by atoms with Crippen molar-refractivity contribution < 1.29 is 9.47 Å². The van der Waals surface area contributed by atoms with E-state index in [2.05, 4.69) is 13.2 Å². The quantitative estimate of drug-likeness (QED) is 0.395. The van der Waals surface area contributed by atoms with Gasteiger partial charge in [0.2, 0.25) is 0 Å². The van der Waals surface area contributed by atoms with Crippen LogP contribution in [-0.2, 0) is 9.47 Å². The Labute approximate surface area is 62.1 Å². The molecular weight excluding hydrogens is 128 g/mol. The molecule has 0 amide bonds. The molecule has 0 N–H and O–H groups in total. The fraction of sp³-hybridized carbons (Fsp3) is 0.375. The van der Waals surface area contributed by atoms with Crippen molar-refractivity contribution in [2.24, 2.45) is 0 Å². The Morgan fingerprint density at radius 1 is 1.00 bits per heavy atom. The van der Waals surface area contributed by atoms with Crippen LogP contribution in [-0.4, -0.2) is 19.8 Å². The van der Waals surface area contributed by atoms with Gasteiger partial charge in [-0.2, -0.15) is 0 Å². The molecule has 0 aromatic rings. The van der Waals surface area contributed by atoms with E-state index in [1.165, 1.54) is 0 Å². The number of hydrogen-bond acceptors (Lipinski definition) is 2. The molecule has 0 saturated heterocycles. The largest absolute Gasteiger partial charge is 0.375 e. The number of ether oxygens (including phenoxy) is 2. The Morgan fingerprint density at radius 3 is 2.30 bits per heavy atom. The van der Waals surface area contributed by atoms with Crippen LogP contribution < -0.4 is 0 Å². The second kappa shape index (κ2) is 8.40. The van der Waals surface area contributed by atoms with E-state index < -0.39 is 0 Å². The van der Waals surface area contributed by atoms with Crippen LogP contribution in [0.15, 0.2) is 25.3 Å². The minimum atomic E-state index is 0.500. The van der Waals surface area contributed by atoms with Crippen LogP contribution in [0.2, 0.25) is 0 Å². The second-order valence-corrected chi connectivity index (χ2v) is 1.61. The van der Waals surface area contributed by atoms with Gasteiger partial charge in [0.1, 0.15) is 6.61 Å². The Hall–Kier alpha value is -0.600. The van der Waals surface area contributed by atoms with Crippen LogP contribution >= 0.6 is 0 Å². The van der Waals surface area contributed by atoms with E-state index >= 15 is 0 Å². The standard InChI is InChI=1S/C8H13O2/c1-3-5-9-7-8-10-6-4-2/h3-4,7H,1-2,5-6,8H2. The summed E-state index contributed by atoms with van der Waals surface area (Å²) in [5, 5.41) is 0. The van der Waals surface area contributed by atoms with Crippen molar-refractivity contribution in [3.63, 3.8) is 0 Å². The summed E-state index contributed by atoms with van der Waals surface area (Å²) < 4.78 is 9.92. The molecule has 0 rings (SSSR count). The molecule has 57 valence electrons. The van der Waals surface area contributed by atoms with Crippen molar-refractivity contribution in [3.8, 4) is 0 Å². The summed E-state index contributed by atoms with van der Waals surface area (Å²) in [5.74, 6) is 0. The molecule has 0 spiro atoms. The van der Waals surface area contributed by atoms with E-state index in [1.807, 2.05) is 0 Å². The van der Waals surface area contributed by atoms with Crippen molar-refractivity contribution in [1.29, 1.82) is 0 Å². The van der Waals surface area contributed by atoms with Crippen LogP contribution in [0.5, 0.6) is 0 Å². The molecule has 0 aliphatic carbocycles. The van der Waals surface area contributed by atoms with Crippen LogP contribution in [0.4, 0.5) is 0 Å². The third-order valence-corrected chi connectivity index (χ3v) is 0.754. The SMILES string of the molecule is C=CCO[CH]COCC=C. The predicted octanol–water partition coefficient (Wildman–Crippen LogP) is 1.55. The normalized spacial score (nSPS) is 9.20. The van der Waals surface area contributed by atoms with Gasteiger partial charge in [0.15, 0.2) is 0 Å². The Bertz CT molecular complexity index is 77.3. The molecule has 1 radical (unpaired) electrons. The summed E-state index contributed by atoms with van der Waals surface area (Å²) >= 11 is 0. The lowest BCUT2D eigenvalue weighted by Crippen LogP contribution is -1.98. The number of hydrogen-bond donors (Lipinski definition) is 0. The maximum absolute atomic E-state index is 5.00. The first-order chi connectivity index (χ1) is 4.91. The summed E-state index contributed by atoms with van der Waals surface area (Å²) in [6, 6.07) is 0. The molecule has 0 aliphatic heterocycles. The van der Waals surface area contributed by atoms with Gasteiger partial charge < -0.3 is 9.47 Å². The first kappa shape index (κ1) is 9.40. The molecule has 0 bridgehead atoms. The highest BCUT2D eigenvalue weighted by molar-refractivity contribution is 4.67. The van der Waals surface area contributed by atoms with E-state index in [0.717, 1.165) is 0 Å². The Balaban J connectivity index is 2.76. The fourth-order valence-corrected chi connectivity index (χ4v) is 0.384. The van der Waals surface area contributed by atoms with Gasteiger partial charge in [-0.15, -0.1) is 13.2 Å². The summed E-state index contributed by atoms with van der Waals surface area (Å²) in [5.41, 5.74) is 0. The van der Waals surface area contributed by atoms with E-state index in [9.17, 15) is 0 Å². The fourth-order valence-electron chi connectivity index (χ4n) is 0.384.